The summed E-state index contributed by atoms with van der Waals surface area (Å²) in [5.41, 5.74) is 5.78. The summed E-state index contributed by atoms with van der Waals surface area (Å²) in [6, 6.07) is 1.25. The Labute approximate surface area is 49.7 Å². The van der Waals surface area contributed by atoms with Crippen LogP contribution in [0.3, 0.4) is 0 Å². The van der Waals surface area contributed by atoms with Gasteiger partial charge < -0.3 is 10.6 Å². The predicted octanol–water partition coefficient (Wildman–Crippen LogP) is -0.352. The van der Waals surface area contributed by atoms with Gasteiger partial charge in [-0.05, 0) is 19.4 Å². The van der Waals surface area contributed by atoms with E-state index in [1.807, 2.05) is 0 Å². The molecule has 46 valence electrons. The van der Waals surface area contributed by atoms with Crippen molar-refractivity contribution < 1.29 is 0 Å². The molecule has 3 fully saturated rings. The highest BCUT2D eigenvalue weighted by atomic mass is 15.2. The number of likely N-dealkylation sites (N-methyl/N-ethyl adjacent to an activating group) is 1. The van der Waals surface area contributed by atoms with Crippen LogP contribution < -0.4 is 5.73 Å². The fourth-order valence-electron chi connectivity index (χ4n) is 1.92. The zero-order chi connectivity index (χ0) is 5.72. The SMILES string of the molecule is CN1CC2C[C@@H]1[C@H]2N. The summed E-state index contributed by atoms with van der Waals surface area (Å²) < 4.78 is 0. The Morgan fingerprint density at radius 1 is 1.62 bits per heavy atom. The van der Waals surface area contributed by atoms with Crippen molar-refractivity contribution in [2.45, 2.75) is 18.5 Å². The lowest BCUT2D eigenvalue weighted by atomic mass is 9.81. The van der Waals surface area contributed by atoms with Crippen LogP contribution in [0.15, 0.2) is 0 Å². The smallest absolute Gasteiger partial charge is 0.0251 e. The molecule has 0 aromatic heterocycles. The minimum Gasteiger partial charge on any atom is -0.326 e. The van der Waals surface area contributed by atoms with E-state index in [0.29, 0.717) is 6.04 Å². The number of hydrogen-bond acceptors (Lipinski definition) is 2. The molecule has 0 aromatic rings. The lowest BCUT2D eigenvalue weighted by molar-refractivity contribution is 0.241. The van der Waals surface area contributed by atoms with Crippen molar-refractivity contribution in [1.29, 1.82) is 0 Å². The Morgan fingerprint density at radius 2 is 2.38 bits per heavy atom. The minimum atomic E-state index is 0.514. The molecule has 3 rings (SSSR count). The van der Waals surface area contributed by atoms with E-state index in [9.17, 15) is 0 Å². The van der Waals surface area contributed by atoms with Crippen LogP contribution in [-0.2, 0) is 0 Å². The number of fused-ring (bicyclic) bond motifs is 1. The van der Waals surface area contributed by atoms with Crippen molar-refractivity contribution >= 4 is 0 Å². The van der Waals surface area contributed by atoms with E-state index in [1.54, 1.807) is 0 Å². The van der Waals surface area contributed by atoms with E-state index in [0.717, 1.165) is 12.0 Å². The van der Waals surface area contributed by atoms with Gasteiger partial charge in [-0.1, -0.05) is 0 Å². The first-order valence-corrected chi connectivity index (χ1v) is 3.25. The number of nitrogens with two attached hydrogens (primary N) is 1. The number of hydrogen-bond donors (Lipinski definition) is 1. The fraction of sp³-hybridized carbons (Fsp3) is 1.00. The van der Waals surface area contributed by atoms with Crippen molar-refractivity contribution in [3.63, 3.8) is 0 Å². The van der Waals surface area contributed by atoms with Crippen LogP contribution in [-0.4, -0.2) is 30.6 Å². The maximum Gasteiger partial charge on any atom is 0.0251 e. The molecule has 2 bridgehead atoms. The molecule has 2 N–H and O–H groups in total. The zero-order valence-corrected chi connectivity index (χ0v) is 5.17. The van der Waals surface area contributed by atoms with Crippen LogP contribution >= 0.6 is 0 Å². The first-order valence-electron chi connectivity index (χ1n) is 3.25. The molecule has 2 heteroatoms. The summed E-state index contributed by atoms with van der Waals surface area (Å²) in [6.07, 6.45) is 1.36. The second-order valence-corrected chi connectivity index (χ2v) is 3.08. The molecule has 2 heterocycles. The van der Waals surface area contributed by atoms with Crippen molar-refractivity contribution in [1.82, 2.24) is 4.90 Å². The molecular formula is C6H12N2. The highest BCUT2D eigenvalue weighted by Crippen LogP contribution is 2.38. The quantitative estimate of drug-likeness (QED) is 0.464. The van der Waals surface area contributed by atoms with Crippen molar-refractivity contribution in [3.8, 4) is 0 Å². The number of rotatable bonds is 0. The minimum absolute atomic E-state index is 0.514. The highest BCUT2D eigenvalue weighted by Gasteiger charge is 2.47. The predicted molar refractivity (Wildman–Crippen MR) is 32.5 cm³/mol. The van der Waals surface area contributed by atoms with Crippen molar-refractivity contribution in [2.24, 2.45) is 11.7 Å². The van der Waals surface area contributed by atoms with Crippen molar-refractivity contribution in [2.75, 3.05) is 13.6 Å². The first-order chi connectivity index (χ1) is 3.79. The van der Waals surface area contributed by atoms with Crippen LogP contribution in [0, 0.1) is 5.92 Å². The molecule has 3 atom stereocenters. The fourth-order valence-corrected chi connectivity index (χ4v) is 1.92. The van der Waals surface area contributed by atoms with Crippen LogP contribution in [0.1, 0.15) is 6.42 Å². The second-order valence-electron chi connectivity index (χ2n) is 3.08. The normalized spacial score (nSPS) is 54.0. The van der Waals surface area contributed by atoms with Gasteiger partial charge in [0.15, 0.2) is 0 Å². The lowest BCUT2D eigenvalue weighted by Crippen LogP contribution is -2.48. The summed E-state index contributed by atoms with van der Waals surface area (Å²) in [7, 11) is 2.16. The Kier molecular flexibility index (Phi) is 0.746. The van der Waals surface area contributed by atoms with Gasteiger partial charge in [-0.2, -0.15) is 0 Å². The molecule has 0 spiro atoms. The van der Waals surface area contributed by atoms with Gasteiger partial charge in [0.05, 0.1) is 0 Å². The molecule has 2 aliphatic heterocycles. The molecule has 1 aliphatic carbocycles. The van der Waals surface area contributed by atoms with Gasteiger partial charge in [-0.25, -0.2) is 0 Å². The van der Waals surface area contributed by atoms with E-state index in [1.165, 1.54) is 13.0 Å². The summed E-state index contributed by atoms with van der Waals surface area (Å²) in [5.74, 6) is 0.838. The van der Waals surface area contributed by atoms with E-state index < -0.39 is 0 Å². The maximum atomic E-state index is 5.78. The highest BCUT2D eigenvalue weighted by molar-refractivity contribution is 5.05. The van der Waals surface area contributed by atoms with Gasteiger partial charge >= 0.3 is 0 Å². The van der Waals surface area contributed by atoms with Gasteiger partial charge in [0.25, 0.3) is 0 Å². The molecule has 0 radical (unpaired) electrons. The van der Waals surface area contributed by atoms with E-state index in [4.69, 9.17) is 5.73 Å². The molecule has 8 heavy (non-hydrogen) atoms. The third-order valence-electron chi connectivity index (χ3n) is 2.62. The molecule has 1 unspecified atom stereocenters. The Balaban J connectivity index is 2.13. The Bertz CT molecular complexity index is 109. The molecule has 0 aromatic carbocycles. The summed E-state index contributed by atoms with van der Waals surface area (Å²) in [6.45, 7) is 1.24. The van der Waals surface area contributed by atoms with Crippen LogP contribution in [0.4, 0.5) is 0 Å². The van der Waals surface area contributed by atoms with Gasteiger partial charge in [-0.3, -0.25) is 0 Å². The topological polar surface area (TPSA) is 29.3 Å². The Hall–Kier alpha value is -0.0800. The standard InChI is InChI=1S/C6H12N2/c1-8-3-4-2-5(8)6(4)7/h4-6H,2-3,7H2,1H3/t4?,5-,6+/m1/s1. The molecule has 1 saturated carbocycles. The number of nitrogens with zero attached hydrogens (tertiary/aromatic N) is 1. The largest absolute Gasteiger partial charge is 0.326 e. The van der Waals surface area contributed by atoms with Crippen LogP contribution in [0.2, 0.25) is 0 Å². The first kappa shape index (κ1) is 4.77. The molecule has 3 aliphatic rings. The monoisotopic (exact) mass is 112 g/mol. The van der Waals surface area contributed by atoms with E-state index >= 15 is 0 Å². The Morgan fingerprint density at radius 3 is 2.50 bits per heavy atom. The van der Waals surface area contributed by atoms with Crippen molar-refractivity contribution in [3.05, 3.63) is 0 Å². The van der Waals surface area contributed by atoms with Gasteiger partial charge in [0.1, 0.15) is 0 Å². The summed E-state index contributed by atoms with van der Waals surface area (Å²) in [5, 5.41) is 0. The lowest BCUT2D eigenvalue weighted by Gasteiger charge is -2.32. The molecular weight excluding hydrogens is 100 g/mol. The molecule has 0 amide bonds. The van der Waals surface area contributed by atoms with Gasteiger partial charge in [0, 0.05) is 18.6 Å². The average Bonchev–Trinajstić information content (AvgIpc) is 2.19. The second kappa shape index (κ2) is 1.25. The van der Waals surface area contributed by atoms with E-state index in [2.05, 4.69) is 11.9 Å². The van der Waals surface area contributed by atoms with Gasteiger partial charge in [0.2, 0.25) is 0 Å². The average molecular weight is 112 g/mol. The summed E-state index contributed by atoms with van der Waals surface area (Å²) >= 11 is 0. The third-order valence-corrected chi connectivity index (χ3v) is 2.62. The molecule has 2 saturated heterocycles. The third kappa shape index (κ3) is 0.361. The molecule has 2 nitrogen and oxygen atoms in total. The van der Waals surface area contributed by atoms with E-state index in [-0.39, 0.29) is 0 Å². The summed E-state index contributed by atoms with van der Waals surface area (Å²) in [4.78, 5) is 2.37. The zero-order valence-electron chi connectivity index (χ0n) is 5.17. The van der Waals surface area contributed by atoms with Gasteiger partial charge in [-0.15, -0.1) is 0 Å². The van der Waals surface area contributed by atoms with Crippen LogP contribution in [0.5, 0.6) is 0 Å². The maximum absolute atomic E-state index is 5.78. The van der Waals surface area contributed by atoms with Crippen LogP contribution in [0.25, 0.3) is 0 Å².